The largest absolute Gasteiger partial charge is 0.444 e. The molecule has 0 radical (unpaired) electrons. The van der Waals surface area contributed by atoms with Crippen molar-refractivity contribution in [3.8, 4) is 0 Å². The monoisotopic (exact) mass is 353 g/mol. The topological polar surface area (TPSA) is 62.7 Å². The lowest BCUT2D eigenvalue weighted by atomic mass is 10.1. The quantitative estimate of drug-likeness (QED) is 0.783. The van der Waals surface area contributed by atoms with Gasteiger partial charge in [-0.2, -0.15) is 0 Å². The van der Waals surface area contributed by atoms with Crippen LogP contribution in [0.1, 0.15) is 37.6 Å². The molecule has 0 spiro atoms. The number of halogens is 1. The Morgan fingerprint density at radius 1 is 1.46 bits per heavy atom. The smallest absolute Gasteiger partial charge is 0.410 e. The zero-order valence-electron chi connectivity index (χ0n) is 14.6. The van der Waals surface area contributed by atoms with Gasteiger partial charge in [-0.05, 0) is 45.2 Å². The molecule has 0 aromatic carbocycles. The van der Waals surface area contributed by atoms with Crippen molar-refractivity contribution in [1.82, 2.24) is 14.8 Å². The second-order valence-corrected chi connectivity index (χ2v) is 7.47. The molecule has 2 heterocycles. The van der Waals surface area contributed by atoms with Crippen molar-refractivity contribution in [3.63, 3.8) is 0 Å². The van der Waals surface area contributed by atoms with Gasteiger partial charge in [0.1, 0.15) is 10.8 Å². The van der Waals surface area contributed by atoms with E-state index in [4.69, 9.17) is 16.3 Å². The Hall–Kier alpha value is -1.82. The number of ether oxygens (including phenoxy) is 1. The molecule has 0 N–H and O–H groups in total. The molecule has 1 aliphatic heterocycles. The number of carbonyl (C=O) groups excluding carboxylic acids is 2. The average molecular weight is 354 g/mol. The molecule has 1 aromatic heterocycles. The van der Waals surface area contributed by atoms with Gasteiger partial charge in [-0.1, -0.05) is 11.6 Å². The van der Waals surface area contributed by atoms with E-state index < -0.39 is 5.60 Å². The van der Waals surface area contributed by atoms with Gasteiger partial charge in [0.2, 0.25) is 0 Å². The van der Waals surface area contributed by atoms with Gasteiger partial charge < -0.3 is 14.5 Å². The Morgan fingerprint density at radius 3 is 2.79 bits per heavy atom. The molecular formula is C17H24ClN3O3. The van der Waals surface area contributed by atoms with Crippen molar-refractivity contribution >= 4 is 23.6 Å². The molecule has 2 amide bonds. The lowest BCUT2D eigenvalue weighted by Crippen LogP contribution is -2.37. The van der Waals surface area contributed by atoms with Crippen LogP contribution in [0.5, 0.6) is 0 Å². The van der Waals surface area contributed by atoms with Crippen LogP contribution in [0.3, 0.4) is 0 Å². The standard InChI is InChI=1S/C17H24ClN3O3/c1-17(2,3)24-16(23)21-9-7-12(11-21)10-20(4)15(22)13-6-5-8-19-14(13)18/h5-6,8,12H,7,9-11H2,1-4H3. The molecule has 0 aliphatic carbocycles. The number of rotatable bonds is 3. The van der Waals surface area contributed by atoms with Gasteiger partial charge in [0, 0.05) is 32.9 Å². The van der Waals surface area contributed by atoms with Crippen molar-refractivity contribution in [2.75, 3.05) is 26.7 Å². The van der Waals surface area contributed by atoms with E-state index in [2.05, 4.69) is 4.98 Å². The fourth-order valence-electron chi connectivity index (χ4n) is 2.70. The highest BCUT2D eigenvalue weighted by molar-refractivity contribution is 6.32. The third kappa shape index (κ3) is 4.84. The van der Waals surface area contributed by atoms with Gasteiger partial charge >= 0.3 is 6.09 Å². The molecule has 0 saturated carbocycles. The first-order valence-electron chi connectivity index (χ1n) is 8.01. The van der Waals surface area contributed by atoms with Crippen LogP contribution in [-0.4, -0.2) is 59.1 Å². The summed E-state index contributed by atoms with van der Waals surface area (Å²) in [6.07, 6.45) is 2.10. The van der Waals surface area contributed by atoms with E-state index in [0.29, 0.717) is 25.2 Å². The molecule has 7 heteroatoms. The summed E-state index contributed by atoms with van der Waals surface area (Å²) in [7, 11) is 1.74. The molecule has 1 atom stereocenters. The maximum atomic E-state index is 12.5. The predicted molar refractivity (Wildman–Crippen MR) is 92.1 cm³/mol. The van der Waals surface area contributed by atoms with Crippen LogP contribution in [0.4, 0.5) is 4.79 Å². The van der Waals surface area contributed by atoms with Crippen molar-refractivity contribution in [2.24, 2.45) is 5.92 Å². The fraction of sp³-hybridized carbons (Fsp3) is 0.588. The predicted octanol–water partition coefficient (Wildman–Crippen LogP) is 3.06. The highest BCUT2D eigenvalue weighted by atomic mass is 35.5. The molecule has 0 bridgehead atoms. The zero-order chi connectivity index (χ0) is 17.9. The first-order chi connectivity index (χ1) is 11.2. The third-order valence-corrected chi connectivity index (χ3v) is 4.11. The Balaban J connectivity index is 1.90. The van der Waals surface area contributed by atoms with Crippen LogP contribution in [0.15, 0.2) is 18.3 Å². The summed E-state index contributed by atoms with van der Waals surface area (Å²) in [6.45, 7) is 7.35. The lowest BCUT2D eigenvalue weighted by molar-refractivity contribution is 0.0286. The number of hydrogen-bond acceptors (Lipinski definition) is 4. The lowest BCUT2D eigenvalue weighted by Gasteiger charge is -2.25. The molecule has 132 valence electrons. The summed E-state index contributed by atoms with van der Waals surface area (Å²) in [5.41, 5.74) is -0.109. The van der Waals surface area contributed by atoms with Crippen LogP contribution in [0.2, 0.25) is 5.15 Å². The minimum Gasteiger partial charge on any atom is -0.444 e. The van der Waals surface area contributed by atoms with E-state index in [9.17, 15) is 9.59 Å². The maximum absolute atomic E-state index is 12.5. The van der Waals surface area contributed by atoms with Crippen LogP contribution < -0.4 is 0 Å². The van der Waals surface area contributed by atoms with E-state index in [-0.39, 0.29) is 23.1 Å². The van der Waals surface area contributed by atoms with E-state index in [1.54, 1.807) is 35.2 Å². The number of carbonyl (C=O) groups is 2. The van der Waals surface area contributed by atoms with E-state index in [1.807, 2.05) is 20.8 Å². The second kappa shape index (κ2) is 7.38. The van der Waals surface area contributed by atoms with Gasteiger partial charge in [0.05, 0.1) is 5.56 Å². The number of aromatic nitrogens is 1. The van der Waals surface area contributed by atoms with Gasteiger partial charge in [0.25, 0.3) is 5.91 Å². The van der Waals surface area contributed by atoms with Crippen molar-refractivity contribution in [1.29, 1.82) is 0 Å². The molecule has 1 aromatic rings. The maximum Gasteiger partial charge on any atom is 0.410 e. The SMILES string of the molecule is CN(CC1CCN(C(=O)OC(C)(C)C)C1)C(=O)c1cccnc1Cl. The normalized spacial score (nSPS) is 17.7. The van der Waals surface area contributed by atoms with E-state index in [0.717, 1.165) is 6.42 Å². The number of amides is 2. The van der Waals surface area contributed by atoms with E-state index in [1.165, 1.54) is 0 Å². The zero-order valence-corrected chi connectivity index (χ0v) is 15.3. The molecular weight excluding hydrogens is 330 g/mol. The number of likely N-dealkylation sites (tertiary alicyclic amines) is 1. The van der Waals surface area contributed by atoms with Crippen molar-refractivity contribution in [3.05, 3.63) is 29.0 Å². The minimum absolute atomic E-state index is 0.163. The van der Waals surface area contributed by atoms with Gasteiger partial charge in [-0.3, -0.25) is 4.79 Å². The highest BCUT2D eigenvalue weighted by Crippen LogP contribution is 2.21. The molecule has 1 saturated heterocycles. The van der Waals surface area contributed by atoms with Gasteiger partial charge in [0.15, 0.2) is 0 Å². The van der Waals surface area contributed by atoms with Gasteiger partial charge in [-0.25, -0.2) is 9.78 Å². The number of hydrogen-bond donors (Lipinski definition) is 0. The van der Waals surface area contributed by atoms with Crippen LogP contribution >= 0.6 is 11.6 Å². The fourth-order valence-corrected chi connectivity index (χ4v) is 2.90. The molecule has 2 rings (SSSR count). The molecule has 1 unspecified atom stereocenters. The summed E-state index contributed by atoms with van der Waals surface area (Å²) in [5, 5.41) is 0.205. The Labute approximate surface area is 147 Å². The molecule has 1 aliphatic rings. The summed E-state index contributed by atoms with van der Waals surface area (Å²) in [5.74, 6) is 0.0609. The average Bonchev–Trinajstić information content (AvgIpc) is 2.94. The molecule has 24 heavy (non-hydrogen) atoms. The third-order valence-electron chi connectivity index (χ3n) is 3.81. The number of nitrogens with zero attached hydrogens (tertiary/aromatic N) is 3. The van der Waals surface area contributed by atoms with Crippen LogP contribution in [0, 0.1) is 5.92 Å². The van der Waals surface area contributed by atoms with Crippen LogP contribution in [-0.2, 0) is 4.74 Å². The first-order valence-corrected chi connectivity index (χ1v) is 8.39. The van der Waals surface area contributed by atoms with Crippen molar-refractivity contribution in [2.45, 2.75) is 32.8 Å². The highest BCUT2D eigenvalue weighted by Gasteiger charge is 2.31. The van der Waals surface area contributed by atoms with Crippen molar-refractivity contribution < 1.29 is 14.3 Å². The molecule has 1 fully saturated rings. The Morgan fingerprint density at radius 2 is 2.17 bits per heavy atom. The minimum atomic E-state index is -0.501. The van der Waals surface area contributed by atoms with Gasteiger partial charge in [-0.15, -0.1) is 0 Å². The van der Waals surface area contributed by atoms with Crippen LogP contribution in [0.25, 0.3) is 0 Å². The second-order valence-electron chi connectivity index (χ2n) is 7.11. The Kier molecular flexibility index (Phi) is 5.70. The summed E-state index contributed by atoms with van der Waals surface area (Å²) < 4.78 is 5.39. The molecule has 6 nitrogen and oxygen atoms in total. The summed E-state index contributed by atoms with van der Waals surface area (Å²) >= 11 is 5.98. The summed E-state index contributed by atoms with van der Waals surface area (Å²) in [6, 6.07) is 3.35. The Bertz CT molecular complexity index is 615. The summed E-state index contributed by atoms with van der Waals surface area (Å²) in [4.78, 5) is 31.8. The number of pyridine rings is 1. The first kappa shape index (κ1) is 18.5. The van der Waals surface area contributed by atoms with E-state index >= 15 is 0 Å².